The van der Waals surface area contributed by atoms with Gasteiger partial charge in [0.05, 0.1) is 0 Å². The number of likely N-dealkylation sites (tertiary alicyclic amines) is 1. The molecule has 1 heterocycles. The predicted molar refractivity (Wildman–Crippen MR) is 84.7 cm³/mol. The van der Waals surface area contributed by atoms with Crippen LogP contribution in [0.4, 0.5) is 4.39 Å². The molecule has 0 aromatic heterocycles. The van der Waals surface area contributed by atoms with Gasteiger partial charge >= 0.3 is 0 Å². The zero-order valence-electron chi connectivity index (χ0n) is 12.9. The number of hydrogen-bond acceptors (Lipinski definition) is 2. The van der Waals surface area contributed by atoms with Crippen molar-refractivity contribution in [2.45, 2.75) is 25.8 Å². The standard InChI is InChI=1S/C16H23FN4O/c1-19-16(20-10-13-6-2-3-7-14(13)17)21-8-4-5-12(11-21)9-15(18)22/h2-3,6-7,12H,4-5,8-11H2,1H3,(H2,18,22)(H,19,20). The van der Waals surface area contributed by atoms with Gasteiger partial charge in [-0.25, -0.2) is 4.39 Å². The molecule has 1 aliphatic heterocycles. The molecule has 1 aromatic carbocycles. The lowest BCUT2D eigenvalue weighted by Gasteiger charge is -2.34. The third kappa shape index (κ3) is 4.44. The molecule has 5 nitrogen and oxygen atoms in total. The normalized spacial score (nSPS) is 19.1. The Labute approximate surface area is 130 Å². The van der Waals surface area contributed by atoms with E-state index in [1.54, 1.807) is 19.2 Å². The molecule has 1 amide bonds. The lowest BCUT2D eigenvalue weighted by Crippen LogP contribution is -2.47. The first-order valence-electron chi connectivity index (χ1n) is 7.57. The first-order valence-corrected chi connectivity index (χ1v) is 7.57. The third-order valence-corrected chi connectivity index (χ3v) is 3.91. The summed E-state index contributed by atoms with van der Waals surface area (Å²) in [5.74, 6) is 0.507. The zero-order valence-corrected chi connectivity index (χ0v) is 12.9. The fraction of sp³-hybridized carbons (Fsp3) is 0.500. The van der Waals surface area contributed by atoms with E-state index >= 15 is 0 Å². The Bertz CT molecular complexity index is 547. The third-order valence-electron chi connectivity index (χ3n) is 3.91. The van der Waals surface area contributed by atoms with Crippen molar-refractivity contribution >= 4 is 11.9 Å². The van der Waals surface area contributed by atoms with Gasteiger partial charge in [-0.2, -0.15) is 0 Å². The maximum absolute atomic E-state index is 13.6. The summed E-state index contributed by atoms with van der Waals surface area (Å²) in [5.41, 5.74) is 5.89. The minimum Gasteiger partial charge on any atom is -0.370 e. The molecule has 0 aliphatic carbocycles. The monoisotopic (exact) mass is 306 g/mol. The van der Waals surface area contributed by atoms with Crippen molar-refractivity contribution in [1.29, 1.82) is 0 Å². The minimum absolute atomic E-state index is 0.226. The van der Waals surface area contributed by atoms with Gasteiger partial charge in [0.2, 0.25) is 5.91 Å². The number of nitrogens with one attached hydrogen (secondary N) is 1. The molecule has 0 radical (unpaired) electrons. The molecule has 1 atom stereocenters. The van der Waals surface area contributed by atoms with Crippen LogP contribution in [0.2, 0.25) is 0 Å². The number of piperidine rings is 1. The van der Waals surface area contributed by atoms with Crippen LogP contribution in [-0.4, -0.2) is 36.9 Å². The van der Waals surface area contributed by atoms with Gasteiger partial charge in [-0.15, -0.1) is 0 Å². The number of nitrogens with two attached hydrogens (primary N) is 1. The maximum atomic E-state index is 13.6. The number of amides is 1. The van der Waals surface area contributed by atoms with Crippen LogP contribution in [0.1, 0.15) is 24.8 Å². The number of carbonyl (C=O) groups is 1. The molecule has 1 unspecified atom stereocenters. The fourth-order valence-electron chi connectivity index (χ4n) is 2.86. The quantitative estimate of drug-likeness (QED) is 0.654. The van der Waals surface area contributed by atoms with Crippen molar-refractivity contribution < 1.29 is 9.18 Å². The van der Waals surface area contributed by atoms with Gasteiger partial charge in [0, 0.05) is 38.7 Å². The summed E-state index contributed by atoms with van der Waals surface area (Å²) in [6.07, 6.45) is 2.41. The first-order chi connectivity index (χ1) is 10.6. The van der Waals surface area contributed by atoms with E-state index in [1.165, 1.54) is 6.07 Å². The fourth-order valence-corrected chi connectivity index (χ4v) is 2.86. The van der Waals surface area contributed by atoms with Crippen LogP contribution in [0.5, 0.6) is 0 Å². The average Bonchev–Trinajstić information content (AvgIpc) is 2.49. The first kappa shape index (κ1) is 16.3. The molecule has 6 heteroatoms. The van der Waals surface area contributed by atoms with Crippen molar-refractivity contribution in [3.63, 3.8) is 0 Å². The maximum Gasteiger partial charge on any atom is 0.217 e. The largest absolute Gasteiger partial charge is 0.370 e. The lowest BCUT2D eigenvalue weighted by molar-refractivity contribution is -0.119. The highest BCUT2D eigenvalue weighted by Gasteiger charge is 2.23. The van der Waals surface area contributed by atoms with E-state index in [1.807, 2.05) is 6.07 Å². The Kier molecular flexibility index (Phi) is 5.75. The summed E-state index contributed by atoms with van der Waals surface area (Å²) in [4.78, 5) is 17.4. The van der Waals surface area contributed by atoms with E-state index in [0.717, 1.165) is 31.9 Å². The van der Waals surface area contributed by atoms with Crippen LogP contribution in [0.3, 0.4) is 0 Å². The van der Waals surface area contributed by atoms with Gasteiger partial charge in [0.15, 0.2) is 5.96 Å². The van der Waals surface area contributed by atoms with Crippen LogP contribution in [0.15, 0.2) is 29.3 Å². The van der Waals surface area contributed by atoms with Crippen molar-refractivity contribution in [2.24, 2.45) is 16.6 Å². The number of benzene rings is 1. The molecule has 1 aliphatic rings. The Morgan fingerprint density at radius 2 is 2.27 bits per heavy atom. The molecule has 22 heavy (non-hydrogen) atoms. The van der Waals surface area contributed by atoms with E-state index in [9.17, 15) is 9.18 Å². The summed E-state index contributed by atoms with van der Waals surface area (Å²) < 4.78 is 13.6. The lowest BCUT2D eigenvalue weighted by atomic mass is 9.95. The number of guanidine groups is 1. The zero-order chi connectivity index (χ0) is 15.9. The van der Waals surface area contributed by atoms with Crippen LogP contribution < -0.4 is 11.1 Å². The highest BCUT2D eigenvalue weighted by molar-refractivity contribution is 5.80. The summed E-state index contributed by atoms with van der Waals surface area (Å²) in [6, 6.07) is 6.69. The number of primary amides is 1. The molecule has 2 rings (SSSR count). The van der Waals surface area contributed by atoms with E-state index < -0.39 is 0 Å². The molecule has 3 N–H and O–H groups in total. The Hall–Kier alpha value is -2.11. The number of nitrogens with zero attached hydrogens (tertiary/aromatic N) is 2. The number of rotatable bonds is 4. The molecule has 120 valence electrons. The highest BCUT2D eigenvalue weighted by atomic mass is 19.1. The molecule has 1 saturated heterocycles. The Morgan fingerprint density at radius 1 is 1.50 bits per heavy atom. The van der Waals surface area contributed by atoms with E-state index in [4.69, 9.17) is 5.73 Å². The molecular formula is C16H23FN4O. The summed E-state index contributed by atoms with van der Waals surface area (Å²) in [7, 11) is 1.71. The molecule has 0 spiro atoms. The van der Waals surface area contributed by atoms with Crippen molar-refractivity contribution in [2.75, 3.05) is 20.1 Å². The van der Waals surface area contributed by atoms with Crippen molar-refractivity contribution in [1.82, 2.24) is 10.2 Å². The summed E-state index contributed by atoms with van der Waals surface area (Å²) in [6.45, 7) is 2.02. The van der Waals surface area contributed by atoms with Gasteiger partial charge in [-0.3, -0.25) is 9.79 Å². The van der Waals surface area contributed by atoms with E-state index in [-0.39, 0.29) is 17.6 Å². The summed E-state index contributed by atoms with van der Waals surface area (Å²) in [5, 5.41) is 3.19. The number of hydrogen-bond donors (Lipinski definition) is 2. The van der Waals surface area contributed by atoms with Gasteiger partial charge in [-0.1, -0.05) is 18.2 Å². The second-order valence-corrected chi connectivity index (χ2v) is 5.62. The van der Waals surface area contributed by atoms with Gasteiger partial charge in [0.25, 0.3) is 0 Å². The number of carbonyl (C=O) groups excluding carboxylic acids is 1. The number of halogens is 1. The van der Waals surface area contributed by atoms with E-state index in [0.29, 0.717) is 18.5 Å². The van der Waals surface area contributed by atoms with E-state index in [2.05, 4.69) is 15.2 Å². The molecule has 0 saturated carbocycles. The van der Waals surface area contributed by atoms with Crippen molar-refractivity contribution in [3.05, 3.63) is 35.6 Å². The van der Waals surface area contributed by atoms with Crippen LogP contribution in [0.25, 0.3) is 0 Å². The van der Waals surface area contributed by atoms with Gasteiger partial charge in [0.1, 0.15) is 5.82 Å². The summed E-state index contributed by atoms with van der Waals surface area (Å²) >= 11 is 0. The Balaban J connectivity index is 1.94. The van der Waals surface area contributed by atoms with Gasteiger partial charge in [-0.05, 0) is 24.8 Å². The predicted octanol–water partition coefficient (Wildman–Crippen LogP) is 1.49. The molecule has 1 aromatic rings. The molecule has 0 bridgehead atoms. The topological polar surface area (TPSA) is 70.7 Å². The smallest absolute Gasteiger partial charge is 0.217 e. The number of aliphatic imine (C=N–C) groups is 1. The van der Waals surface area contributed by atoms with Crippen LogP contribution in [0, 0.1) is 11.7 Å². The van der Waals surface area contributed by atoms with Crippen LogP contribution in [-0.2, 0) is 11.3 Å². The minimum atomic E-state index is -0.263. The van der Waals surface area contributed by atoms with Gasteiger partial charge < -0.3 is 16.0 Å². The van der Waals surface area contributed by atoms with Crippen LogP contribution >= 0.6 is 0 Å². The molecule has 1 fully saturated rings. The van der Waals surface area contributed by atoms with Crippen molar-refractivity contribution in [3.8, 4) is 0 Å². The second-order valence-electron chi connectivity index (χ2n) is 5.62. The Morgan fingerprint density at radius 3 is 2.95 bits per heavy atom. The molecular weight excluding hydrogens is 283 g/mol. The SMILES string of the molecule is CN=C(NCc1ccccc1F)N1CCCC(CC(N)=O)C1. The second kappa shape index (κ2) is 7.77. The average molecular weight is 306 g/mol. The highest BCUT2D eigenvalue weighted by Crippen LogP contribution is 2.19.